The lowest BCUT2D eigenvalue weighted by molar-refractivity contribution is -0.135. The lowest BCUT2D eigenvalue weighted by Crippen LogP contribution is -2.39. The number of aryl methyl sites for hydroxylation is 2. The second-order valence-electron chi connectivity index (χ2n) is 3.20. The highest BCUT2D eigenvalue weighted by molar-refractivity contribution is 5.81. The van der Waals surface area contributed by atoms with E-state index in [0.717, 1.165) is 4.57 Å². The molecule has 0 aromatic carbocycles. The highest BCUT2D eigenvalue weighted by Gasteiger charge is 2.10. The summed E-state index contributed by atoms with van der Waals surface area (Å²) >= 11 is 0. The standard InChI is InChI=1S/C9H11N3O4/c1-5-4-12(8(15)6(2)11-5)9(16)10-3-7(13)14/h4H,3H2,1-2H3,(H,10,16)(H,13,14). The van der Waals surface area contributed by atoms with Gasteiger partial charge in [-0.15, -0.1) is 0 Å². The van der Waals surface area contributed by atoms with Crippen molar-refractivity contribution in [3.63, 3.8) is 0 Å². The molecule has 1 rings (SSSR count). The fourth-order valence-corrected chi connectivity index (χ4v) is 1.15. The van der Waals surface area contributed by atoms with Gasteiger partial charge < -0.3 is 10.4 Å². The molecule has 0 saturated heterocycles. The predicted molar refractivity (Wildman–Crippen MR) is 54.4 cm³/mol. The van der Waals surface area contributed by atoms with Gasteiger partial charge >= 0.3 is 12.0 Å². The third-order valence-corrected chi connectivity index (χ3v) is 1.80. The summed E-state index contributed by atoms with van der Waals surface area (Å²) in [5, 5.41) is 10.5. The fourth-order valence-electron chi connectivity index (χ4n) is 1.15. The van der Waals surface area contributed by atoms with E-state index < -0.39 is 24.1 Å². The van der Waals surface area contributed by atoms with Gasteiger partial charge in [-0.2, -0.15) is 0 Å². The number of nitrogens with one attached hydrogen (secondary N) is 1. The summed E-state index contributed by atoms with van der Waals surface area (Å²) in [7, 11) is 0. The van der Waals surface area contributed by atoms with Gasteiger partial charge in [0.2, 0.25) is 0 Å². The summed E-state index contributed by atoms with van der Waals surface area (Å²) in [5.74, 6) is -1.18. The minimum atomic E-state index is -1.18. The normalized spacial score (nSPS) is 9.88. The number of aromatic nitrogens is 2. The average molecular weight is 225 g/mol. The first-order chi connectivity index (χ1) is 7.41. The summed E-state index contributed by atoms with van der Waals surface area (Å²) in [6.07, 6.45) is 1.26. The van der Waals surface area contributed by atoms with E-state index >= 15 is 0 Å². The quantitative estimate of drug-likeness (QED) is 0.706. The first-order valence-electron chi connectivity index (χ1n) is 4.48. The molecule has 86 valence electrons. The van der Waals surface area contributed by atoms with Crippen molar-refractivity contribution in [2.75, 3.05) is 6.54 Å². The van der Waals surface area contributed by atoms with Gasteiger partial charge in [0.25, 0.3) is 5.56 Å². The van der Waals surface area contributed by atoms with Gasteiger partial charge in [-0.05, 0) is 13.8 Å². The van der Waals surface area contributed by atoms with Gasteiger partial charge in [-0.3, -0.25) is 14.6 Å². The molecule has 16 heavy (non-hydrogen) atoms. The van der Waals surface area contributed by atoms with E-state index in [0.29, 0.717) is 5.69 Å². The van der Waals surface area contributed by atoms with Crippen molar-refractivity contribution in [3.8, 4) is 0 Å². The van der Waals surface area contributed by atoms with Crippen LogP contribution in [0.2, 0.25) is 0 Å². The first kappa shape index (κ1) is 11.9. The zero-order valence-electron chi connectivity index (χ0n) is 8.85. The van der Waals surface area contributed by atoms with Crippen molar-refractivity contribution < 1.29 is 14.7 Å². The molecule has 0 aliphatic heterocycles. The Hall–Kier alpha value is -2.18. The number of amides is 1. The van der Waals surface area contributed by atoms with Crippen molar-refractivity contribution in [2.24, 2.45) is 0 Å². The van der Waals surface area contributed by atoms with Crippen LogP contribution in [-0.2, 0) is 4.79 Å². The van der Waals surface area contributed by atoms with Crippen molar-refractivity contribution in [1.82, 2.24) is 14.9 Å². The van der Waals surface area contributed by atoms with Crippen LogP contribution in [-0.4, -0.2) is 33.2 Å². The molecule has 7 heteroatoms. The molecule has 2 N–H and O–H groups in total. The minimum absolute atomic E-state index is 0.186. The Bertz CT molecular complexity index is 492. The van der Waals surface area contributed by atoms with Gasteiger partial charge in [0.1, 0.15) is 12.2 Å². The van der Waals surface area contributed by atoms with E-state index in [9.17, 15) is 14.4 Å². The van der Waals surface area contributed by atoms with Gasteiger partial charge in [0, 0.05) is 6.20 Å². The number of carboxylic acids is 1. The third kappa shape index (κ3) is 2.66. The van der Waals surface area contributed by atoms with Crippen molar-refractivity contribution in [2.45, 2.75) is 13.8 Å². The molecule has 0 aliphatic carbocycles. The highest BCUT2D eigenvalue weighted by atomic mass is 16.4. The van der Waals surface area contributed by atoms with Gasteiger partial charge in [-0.25, -0.2) is 9.36 Å². The van der Waals surface area contributed by atoms with Crippen LogP contribution in [0.5, 0.6) is 0 Å². The molecular weight excluding hydrogens is 214 g/mol. The molecule has 0 aliphatic rings. The zero-order valence-corrected chi connectivity index (χ0v) is 8.85. The molecule has 1 amide bonds. The van der Waals surface area contributed by atoms with Crippen LogP contribution in [0.1, 0.15) is 11.4 Å². The molecule has 1 aromatic heterocycles. The number of aliphatic carboxylic acids is 1. The monoisotopic (exact) mass is 225 g/mol. The van der Waals surface area contributed by atoms with E-state index in [2.05, 4.69) is 10.3 Å². The largest absolute Gasteiger partial charge is 0.480 e. The second kappa shape index (κ2) is 4.56. The Labute approximate surface area is 90.7 Å². The smallest absolute Gasteiger partial charge is 0.329 e. The summed E-state index contributed by atoms with van der Waals surface area (Å²) in [6, 6.07) is -0.777. The maximum Gasteiger partial charge on any atom is 0.329 e. The Balaban J connectivity index is 3.00. The molecule has 0 spiro atoms. The topological polar surface area (TPSA) is 101 Å². The Kier molecular flexibility index (Phi) is 3.39. The molecule has 0 radical (unpaired) electrons. The number of rotatable bonds is 2. The molecule has 1 heterocycles. The van der Waals surface area contributed by atoms with Crippen LogP contribution >= 0.6 is 0 Å². The van der Waals surface area contributed by atoms with Crippen LogP contribution in [0, 0.1) is 13.8 Å². The summed E-state index contributed by atoms with van der Waals surface area (Å²) in [5.41, 5.74) is 0.126. The van der Waals surface area contributed by atoms with E-state index in [-0.39, 0.29) is 5.69 Å². The van der Waals surface area contributed by atoms with Crippen molar-refractivity contribution >= 4 is 12.0 Å². The lowest BCUT2D eigenvalue weighted by atomic mass is 10.4. The number of hydrogen-bond acceptors (Lipinski definition) is 4. The maximum atomic E-state index is 11.5. The summed E-state index contributed by atoms with van der Waals surface area (Å²) < 4.78 is 0.806. The van der Waals surface area contributed by atoms with Crippen LogP contribution in [0.4, 0.5) is 4.79 Å². The van der Waals surface area contributed by atoms with Gasteiger partial charge in [0.05, 0.1) is 5.69 Å². The summed E-state index contributed by atoms with van der Waals surface area (Å²) in [4.78, 5) is 37.1. The molecule has 0 unspecified atom stereocenters. The molecule has 1 aromatic rings. The molecule has 0 fully saturated rings. The predicted octanol–water partition coefficient (Wildman–Crippen LogP) is -0.498. The van der Waals surface area contributed by atoms with E-state index in [1.54, 1.807) is 6.92 Å². The summed E-state index contributed by atoms with van der Waals surface area (Å²) in [6.45, 7) is 2.58. The van der Waals surface area contributed by atoms with Crippen LogP contribution < -0.4 is 10.9 Å². The SMILES string of the molecule is Cc1cn(C(=O)NCC(=O)O)c(=O)c(C)n1. The lowest BCUT2D eigenvalue weighted by Gasteiger charge is -2.06. The molecule has 0 saturated carbocycles. The van der Waals surface area contributed by atoms with Crippen LogP contribution in [0.25, 0.3) is 0 Å². The van der Waals surface area contributed by atoms with Gasteiger partial charge in [-0.1, -0.05) is 0 Å². The van der Waals surface area contributed by atoms with E-state index in [4.69, 9.17) is 5.11 Å². The van der Waals surface area contributed by atoms with Crippen molar-refractivity contribution in [3.05, 3.63) is 27.9 Å². The molecule has 7 nitrogen and oxygen atoms in total. The van der Waals surface area contributed by atoms with Gasteiger partial charge in [0.15, 0.2) is 0 Å². The van der Waals surface area contributed by atoms with E-state index in [1.807, 2.05) is 0 Å². The third-order valence-electron chi connectivity index (χ3n) is 1.80. The Morgan fingerprint density at radius 2 is 2.12 bits per heavy atom. The number of carboxylic acid groups (broad SMARTS) is 1. The molecule has 0 atom stereocenters. The second-order valence-corrected chi connectivity index (χ2v) is 3.20. The zero-order chi connectivity index (χ0) is 12.3. The average Bonchev–Trinajstić information content (AvgIpc) is 2.19. The Morgan fingerprint density at radius 3 is 2.69 bits per heavy atom. The minimum Gasteiger partial charge on any atom is -0.480 e. The number of nitrogens with zero attached hydrogens (tertiary/aromatic N) is 2. The van der Waals surface area contributed by atoms with Crippen LogP contribution in [0.15, 0.2) is 11.0 Å². The fraction of sp³-hybridized carbons (Fsp3) is 0.333. The number of hydrogen-bond donors (Lipinski definition) is 2. The number of carbonyl (C=O) groups excluding carboxylic acids is 1. The maximum absolute atomic E-state index is 11.5. The highest BCUT2D eigenvalue weighted by Crippen LogP contribution is 1.91. The van der Waals surface area contributed by atoms with E-state index in [1.165, 1.54) is 13.1 Å². The number of carbonyl (C=O) groups is 2. The first-order valence-corrected chi connectivity index (χ1v) is 4.48. The molecular formula is C9H11N3O4. The van der Waals surface area contributed by atoms with Crippen LogP contribution in [0.3, 0.4) is 0 Å². The van der Waals surface area contributed by atoms with Crippen molar-refractivity contribution in [1.29, 1.82) is 0 Å². The Morgan fingerprint density at radius 1 is 1.50 bits per heavy atom. The molecule has 0 bridgehead atoms.